The molecule has 0 saturated carbocycles. The molecule has 1 N–H and O–H groups in total. The van der Waals surface area contributed by atoms with Gasteiger partial charge in [0.2, 0.25) is 14.2 Å². The van der Waals surface area contributed by atoms with Gasteiger partial charge in [0.25, 0.3) is 0 Å². The SMILES string of the molecule is CC[Si](CC)(CC)Oc1cc2cc(c1)NC(=O)C[C@H](O[Si](CC)(CC)CC)/C(C)=C/[C@H](C)[C@@H](O[Si](CC)(CC)CC)CC(=O)[C@H](OC)/C=C/C=C(\C)C2. The topological polar surface area (TPSA) is 83.1 Å². The molecule has 0 aliphatic carbocycles. The van der Waals surface area contributed by atoms with E-state index in [1.54, 1.807) is 7.11 Å². The molecule has 53 heavy (non-hydrogen) atoms. The van der Waals surface area contributed by atoms with Crippen LogP contribution in [0.3, 0.4) is 0 Å². The number of carbonyl (C=O) groups is 2. The fraction of sp³-hybridized carbons (Fsp3) is 0.674. The molecule has 0 radical (unpaired) electrons. The molecule has 1 heterocycles. The van der Waals surface area contributed by atoms with Crippen molar-refractivity contribution in [2.75, 3.05) is 12.4 Å². The van der Waals surface area contributed by atoms with Gasteiger partial charge in [-0.2, -0.15) is 0 Å². The molecule has 4 atom stereocenters. The predicted molar refractivity (Wildman–Crippen MR) is 232 cm³/mol. The Hall–Kier alpha value is -2.09. The Morgan fingerprint density at radius 2 is 1.28 bits per heavy atom. The zero-order valence-electron chi connectivity index (χ0n) is 35.8. The highest BCUT2D eigenvalue weighted by atomic mass is 28.4. The van der Waals surface area contributed by atoms with Crippen LogP contribution in [0.25, 0.3) is 0 Å². The van der Waals surface area contributed by atoms with Crippen LogP contribution in [0.15, 0.2) is 53.6 Å². The number of anilines is 1. The summed E-state index contributed by atoms with van der Waals surface area (Å²) < 4.78 is 26.9. The summed E-state index contributed by atoms with van der Waals surface area (Å²) in [7, 11) is -4.54. The number of hydrogen-bond donors (Lipinski definition) is 1. The minimum absolute atomic E-state index is 0.00768. The van der Waals surface area contributed by atoms with Crippen molar-refractivity contribution in [2.45, 2.75) is 175 Å². The maximum Gasteiger partial charge on any atom is 0.250 e. The Bertz CT molecular complexity index is 1370. The second-order valence-corrected chi connectivity index (χ2v) is 29.5. The number of fused-ring (bicyclic) bond motifs is 2. The van der Waals surface area contributed by atoms with Crippen molar-refractivity contribution in [2.24, 2.45) is 5.92 Å². The van der Waals surface area contributed by atoms with Crippen LogP contribution in [0.4, 0.5) is 5.69 Å². The number of Topliss-reactive ketones (excluding diaryl/α,β-unsaturated/α-hetero) is 1. The first-order valence-corrected chi connectivity index (χ1v) is 28.3. The van der Waals surface area contributed by atoms with Gasteiger partial charge in [0.1, 0.15) is 11.9 Å². The molecule has 300 valence electrons. The Labute approximate surface area is 327 Å². The number of hydrogen-bond acceptors (Lipinski definition) is 6. The lowest BCUT2D eigenvalue weighted by Gasteiger charge is -2.36. The molecule has 2 bridgehead atoms. The number of methoxy groups -OCH3 is 1. The van der Waals surface area contributed by atoms with Crippen LogP contribution in [-0.4, -0.2) is 62.1 Å². The number of carbonyl (C=O) groups excluding carboxylic acids is 2. The average molecular weight is 786 g/mol. The Balaban J connectivity index is 2.78. The second-order valence-electron chi connectivity index (χ2n) is 15.4. The van der Waals surface area contributed by atoms with Gasteiger partial charge in [-0.1, -0.05) is 93.0 Å². The van der Waals surface area contributed by atoms with Crippen LogP contribution in [-0.2, 0) is 29.6 Å². The summed E-state index contributed by atoms with van der Waals surface area (Å²) in [5.41, 5.74) is 3.94. The third-order valence-corrected chi connectivity index (χ3v) is 26.1. The van der Waals surface area contributed by atoms with Crippen molar-refractivity contribution in [3.63, 3.8) is 0 Å². The molecule has 2 rings (SSSR count). The van der Waals surface area contributed by atoms with Gasteiger partial charge in [0.15, 0.2) is 22.4 Å². The first-order chi connectivity index (χ1) is 25.2. The molecule has 7 nitrogen and oxygen atoms in total. The van der Waals surface area contributed by atoms with Gasteiger partial charge in [-0.15, -0.1) is 0 Å². The van der Waals surface area contributed by atoms with Gasteiger partial charge in [-0.25, -0.2) is 0 Å². The second kappa shape index (κ2) is 22.5. The van der Waals surface area contributed by atoms with Crippen LogP contribution in [0.1, 0.15) is 101 Å². The highest BCUT2D eigenvalue weighted by Gasteiger charge is 2.37. The summed E-state index contributed by atoms with van der Waals surface area (Å²) in [5, 5.41) is 3.27. The zero-order chi connectivity index (χ0) is 39.8. The van der Waals surface area contributed by atoms with E-state index < -0.39 is 31.1 Å². The molecule has 0 aromatic heterocycles. The number of amides is 1. The number of benzene rings is 1. The quantitative estimate of drug-likeness (QED) is 0.133. The lowest BCUT2D eigenvalue weighted by Crippen LogP contribution is -2.44. The highest BCUT2D eigenvalue weighted by Crippen LogP contribution is 2.33. The number of allylic oxidation sites excluding steroid dienone is 3. The fourth-order valence-electron chi connectivity index (χ4n) is 7.71. The normalized spacial score (nSPS) is 24.2. The minimum atomic E-state index is -2.10. The molecule has 10 heteroatoms. The first-order valence-electron chi connectivity index (χ1n) is 20.7. The molecule has 0 spiro atoms. The summed E-state index contributed by atoms with van der Waals surface area (Å²) in [4.78, 5) is 28.0. The summed E-state index contributed by atoms with van der Waals surface area (Å²) in [6.07, 6.45) is 7.81. The summed E-state index contributed by atoms with van der Waals surface area (Å²) in [5.74, 6) is 0.669. The van der Waals surface area contributed by atoms with Gasteiger partial charge in [0, 0.05) is 25.3 Å². The van der Waals surface area contributed by atoms with Gasteiger partial charge >= 0.3 is 0 Å². The van der Waals surface area contributed by atoms with Crippen molar-refractivity contribution < 1.29 is 27.6 Å². The van der Waals surface area contributed by atoms with E-state index in [1.807, 2.05) is 24.3 Å². The van der Waals surface area contributed by atoms with E-state index in [4.69, 9.17) is 18.0 Å². The van der Waals surface area contributed by atoms with Crippen LogP contribution in [0, 0.1) is 5.92 Å². The van der Waals surface area contributed by atoms with Crippen LogP contribution >= 0.6 is 0 Å². The van der Waals surface area contributed by atoms with E-state index in [-0.39, 0.29) is 42.7 Å². The largest absolute Gasteiger partial charge is 0.543 e. The molecule has 0 saturated heterocycles. The van der Waals surface area contributed by atoms with E-state index in [9.17, 15) is 9.59 Å². The van der Waals surface area contributed by atoms with E-state index in [0.717, 1.165) is 82.5 Å². The number of rotatable bonds is 16. The molecule has 1 amide bonds. The number of nitrogens with one attached hydrogen (secondary N) is 1. The summed E-state index contributed by atoms with van der Waals surface area (Å²) in [6, 6.07) is 15.2. The molecule has 1 aliphatic rings. The lowest BCUT2D eigenvalue weighted by molar-refractivity contribution is -0.128. The zero-order valence-corrected chi connectivity index (χ0v) is 38.8. The van der Waals surface area contributed by atoms with Gasteiger partial charge < -0.3 is 23.3 Å². The van der Waals surface area contributed by atoms with Crippen molar-refractivity contribution in [1.29, 1.82) is 0 Å². The predicted octanol–water partition coefficient (Wildman–Crippen LogP) is 11.8. The van der Waals surface area contributed by atoms with E-state index in [2.05, 4.69) is 107 Å². The first kappa shape index (κ1) is 47.1. The third-order valence-electron chi connectivity index (χ3n) is 12.3. The molecule has 0 unspecified atom stereocenters. The fourth-order valence-corrected chi connectivity index (χ4v) is 16.1. The smallest absolute Gasteiger partial charge is 0.250 e. The van der Waals surface area contributed by atoms with Gasteiger partial charge in [-0.05, 0) is 110 Å². The van der Waals surface area contributed by atoms with Crippen molar-refractivity contribution >= 4 is 42.3 Å². The summed E-state index contributed by atoms with van der Waals surface area (Å²) >= 11 is 0. The molecule has 1 aliphatic heterocycles. The van der Waals surface area contributed by atoms with Crippen LogP contribution < -0.4 is 9.74 Å². The Kier molecular flexibility index (Phi) is 19.9. The molecular formula is C43H75NO6Si3. The number of ketones is 1. The van der Waals surface area contributed by atoms with Crippen molar-refractivity contribution in [3.05, 3.63) is 59.2 Å². The van der Waals surface area contributed by atoms with Gasteiger partial charge in [0.05, 0.1) is 18.6 Å². The monoisotopic (exact) mass is 785 g/mol. The maximum absolute atomic E-state index is 14.1. The lowest BCUT2D eigenvalue weighted by atomic mass is 9.94. The minimum Gasteiger partial charge on any atom is -0.543 e. The van der Waals surface area contributed by atoms with Gasteiger partial charge in [-0.3, -0.25) is 9.59 Å². The van der Waals surface area contributed by atoms with Crippen molar-refractivity contribution in [1.82, 2.24) is 0 Å². The number of ether oxygens (including phenoxy) is 1. The molecular weight excluding hydrogens is 711 g/mol. The van der Waals surface area contributed by atoms with Crippen LogP contribution in [0.2, 0.25) is 54.4 Å². The average Bonchev–Trinajstić information content (AvgIpc) is 3.15. The van der Waals surface area contributed by atoms with E-state index in [0.29, 0.717) is 6.42 Å². The van der Waals surface area contributed by atoms with Crippen LogP contribution in [0.5, 0.6) is 5.75 Å². The third kappa shape index (κ3) is 13.6. The highest BCUT2D eigenvalue weighted by molar-refractivity contribution is 6.74. The molecule has 0 fully saturated rings. The molecule has 1 aromatic carbocycles. The van der Waals surface area contributed by atoms with E-state index >= 15 is 0 Å². The Morgan fingerprint density at radius 1 is 0.736 bits per heavy atom. The van der Waals surface area contributed by atoms with E-state index in [1.165, 1.54) is 0 Å². The Morgan fingerprint density at radius 3 is 1.81 bits per heavy atom. The van der Waals surface area contributed by atoms with Crippen molar-refractivity contribution in [3.8, 4) is 5.75 Å². The maximum atomic E-state index is 14.1. The standard InChI is InChI=1S/C43H75NO6Si3/c1-14-51(15-2,16-3)48-38-29-36-26-33(10)24-23-25-40(47-13)39(45)31-41(49-52(17-4,18-5)19-6)34(11)27-35(12)42(50-53(20-7,21-8)22-9)32-43(46)44-37(28-36)30-38/h23-25,27-30,34,40-42H,14-22,26,31-32H2,1-13H3,(H,44,46)/b25-23+,33-24+,35-27+/t34-,40+,41-,42-/m0/s1. The summed E-state index contributed by atoms with van der Waals surface area (Å²) in [6.45, 7) is 26.3. The molecule has 1 aromatic rings.